The van der Waals surface area contributed by atoms with E-state index >= 15 is 0 Å². The van der Waals surface area contributed by atoms with E-state index in [2.05, 4.69) is 36.5 Å². The SMILES string of the molecule is CCCc1ccc(N2CCCC(NCC)C2=O)cc1. The van der Waals surface area contributed by atoms with Crippen LogP contribution >= 0.6 is 0 Å². The standard InChI is InChI=1S/C16H24N2O/c1-3-6-13-8-10-14(11-9-13)18-12-5-7-15(16(18)19)17-4-2/h8-11,15,17H,3-7,12H2,1-2H3. The first-order chi connectivity index (χ1) is 9.26. The fourth-order valence-corrected chi connectivity index (χ4v) is 2.70. The van der Waals surface area contributed by atoms with Gasteiger partial charge in [0.05, 0.1) is 6.04 Å². The molecule has 3 nitrogen and oxygen atoms in total. The van der Waals surface area contributed by atoms with Crippen LogP contribution in [0.4, 0.5) is 5.69 Å². The highest BCUT2D eigenvalue weighted by Crippen LogP contribution is 2.22. The quantitative estimate of drug-likeness (QED) is 0.883. The third kappa shape index (κ3) is 3.35. The highest BCUT2D eigenvalue weighted by atomic mass is 16.2. The molecule has 0 radical (unpaired) electrons. The topological polar surface area (TPSA) is 32.3 Å². The lowest BCUT2D eigenvalue weighted by Gasteiger charge is -2.32. The van der Waals surface area contributed by atoms with Gasteiger partial charge in [0.1, 0.15) is 0 Å². The summed E-state index contributed by atoms with van der Waals surface area (Å²) in [6, 6.07) is 8.44. The van der Waals surface area contributed by atoms with Crippen LogP contribution in [-0.4, -0.2) is 25.0 Å². The zero-order chi connectivity index (χ0) is 13.7. The first-order valence-corrected chi connectivity index (χ1v) is 7.40. The second kappa shape index (κ2) is 6.71. The lowest BCUT2D eigenvalue weighted by molar-refractivity contribution is -0.121. The molecule has 1 aliphatic heterocycles. The Hall–Kier alpha value is -1.35. The van der Waals surface area contributed by atoms with Crippen molar-refractivity contribution >= 4 is 11.6 Å². The number of benzene rings is 1. The summed E-state index contributed by atoms with van der Waals surface area (Å²) < 4.78 is 0. The smallest absolute Gasteiger partial charge is 0.244 e. The Morgan fingerprint density at radius 2 is 2.00 bits per heavy atom. The molecular weight excluding hydrogens is 236 g/mol. The summed E-state index contributed by atoms with van der Waals surface area (Å²) >= 11 is 0. The van der Waals surface area contributed by atoms with Crippen molar-refractivity contribution in [3.05, 3.63) is 29.8 Å². The number of amides is 1. The van der Waals surface area contributed by atoms with Crippen molar-refractivity contribution in [1.29, 1.82) is 0 Å². The molecule has 1 saturated heterocycles. The third-order valence-electron chi connectivity index (χ3n) is 3.68. The number of hydrogen-bond acceptors (Lipinski definition) is 2. The summed E-state index contributed by atoms with van der Waals surface area (Å²) in [6.07, 6.45) is 4.29. The van der Waals surface area contributed by atoms with Crippen LogP contribution in [0.5, 0.6) is 0 Å². The number of piperidine rings is 1. The molecular formula is C16H24N2O. The first-order valence-electron chi connectivity index (χ1n) is 7.40. The van der Waals surface area contributed by atoms with Crippen LogP contribution in [0.2, 0.25) is 0 Å². The van der Waals surface area contributed by atoms with Gasteiger partial charge in [-0.15, -0.1) is 0 Å². The second-order valence-corrected chi connectivity index (χ2v) is 5.16. The molecule has 0 aliphatic carbocycles. The minimum absolute atomic E-state index is 0.00549. The van der Waals surface area contributed by atoms with Gasteiger partial charge in [-0.1, -0.05) is 32.4 Å². The van der Waals surface area contributed by atoms with Crippen molar-refractivity contribution in [3.63, 3.8) is 0 Å². The van der Waals surface area contributed by atoms with Crippen molar-refractivity contribution in [1.82, 2.24) is 5.32 Å². The second-order valence-electron chi connectivity index (χ2n) is 5.16. The molecule has 1 unspecified atom stereocenters. The number of likely N-dealkylation sites (N-methyl/N-ethyl adjacent to an activating group) is 1. The maximum Gasteiger partial charge on any atom is 0.244 e. The predicted octanol–water partition coefficient (Wildman–Crippen LogP) is 2.74. The molecule has 0 saturated carbocycles. The van der Waals surface area contributed by atoms with Crippen molar-refractivity contribution in [3.8, 4) is 0 Å². The van der Waals surface area contributed by atoms with Crippen LogP contribution in [0.25, 0.3) is 0 Å². The Kier molecular flexibility index (Phi) is 4.97. The van der Waals surface area contributed by atoms with Gasteiger partial charge in [0, 0.05) is 12.2 Å². The number of carbonyl (C=O) groups is 1. The van der Waals surface area contributed by atoms with E-state index in [4.69, 9.17) is 0 Å². The normalized spacial score (nSPS) is 19.8. The van der Waals surface area contributed by atoms with Crippen LogP contribution in [0.1, 0.15) is 38.7 Å². The summed E-state index contributed by atoms with van der Waals surface area (Å²) in [7, 11) is 0. The molecule has 0 spiro atoms. The first kappa shape index (κ1) is 14.1. The van der Waals surface area contributed by atoms with Crippen LogP contribution in [0, 0.1) is 0 Å². The molecule has 1 amide bonds. The third-order valence-corrected chi connectivity index (χ3v) is 3.68. The molecule has 1 aromatic carbocycles. The highest BCUT2D eigenvalue weighted by Gasteiger charge is 2.28. The van der Waals surface area contributed by atoms with Crippen molar-refractivity contribution in [2.45, 2.75) is 45.6 Å². The molecule has 1 fully saturated rings. The lowest BCUT2D eigenvalue weighted by Crippen LogP contribution is -2.50. The predicted molar refractivity (Wildman–Crippen MR) is 79.5 cm³/mol. The molecule has 1 aromatic rings. The van der Waals surface area contributed by atoms with E-state index in [1.807, 2.05) is 11.8 Å². The summed E-state index contributed by atoms with van der Waals surface area (Å²) in [5.74, 6) is 0.219. The van der Waals surface area contributed by atoms with Gasteiger partial charge in [0.15, 0.2) is 0 Å². The minimum atomic E-state index is -0.00549. The zero-order valence-corrected chi connectivity index (χ0v) is 12.0. The molecule has 1 N–H and O–H groups in total. The van der Waals surface area contributed by atoms with Crippen LogP contribution < -0.4 is 10.2 Å². The summed E-state index contributed by atoms with van der Waals surface area (Å²) in [4.78, 5) is 14.3. The minimum Gasteiger partial charge on any atom is -0.311 e. The molecule has 1 atom stereocenters. The van der Waals surface area contributed by atoms with E-state index in [0.29, 0.717) is 0 Å². The lowest BCUT2D eigenvalue weighted by atomic mass is 10.0. The Bertz CT molecular complexity index is 411. The van der Waals surface area contributed by atoms with Gasteiger partial charge in [-0.3, -0.25) is 4.79 Å². The van der Waals surface area contributed by atoms with E-state index < -0.39 is 0 Å². The van der Waals surface area contributed by atoms with Crippen molar-refractivity contribution in [2.75, 3.05) is 18.0 Å². The molecule has 2 rings (SSSR count). The summed E-state index contributed by atoms with van der Waals surface area (Å²) in [5.41, 5.74) is 2.38. The fourth-order valence-electron chi connectivity index (χ4n) is 2.70. The molecule has 19 heavy (non-hydrogen) atoms. The molecule has 3 heteroatoms. The number of hydrogen-bond donors (Lipinski definition) is 1. The van der Waals surface area contributed by atoms with E-state index in [1.165, 1.54) is 5.56 Å². The van der Waals surface area contributed by atoms with Gasteiger partial charge in [0.25, 0.3) is 0 Å². The van der Waals surface area contributed by atoms with Gasteiger partial charge in [-0.25, -0.2) is 0 Å². The monoisotopic (exact) mass is 260 g/mol. The average molecular weight is 260 g/mol. The van der Waals surface area contributed by atoms with E-state index in [1.54, 1.807) is 0 Å². The summed E-state index contributed by atoms with van der Waals surface area (Å²) in [5, 5.41) is 3.27. The Labute approximate surface area is 116 Å². The summed E-state index contributed by atoms with van der Waals surface area (Å²) in [6.45, 7) is 5.92. The average Bonchev–Trinajstić information content (AvgIpc) is 2.43. The number of carbonyl (C=O) groups excluding carboxylic acids is 1. The maximum absolute atomic E-state index is 12.4. The van der Waals surface area contributed by atoms with Crippen molar-refractivity contribution in [2.24, 2.45) is 0 Å². The fraction of sp³-hybridized carbons (Fsp3) is 0.562. The van der Waals surface area contributed by atoms with E-state index in [9.17, 15) is 4.79 Å². The number of rotatable bonds is 5. The van der Waals surface area contributed by atoms with Gasteiger partial charge in [0.2, 0.25) is 5.91 Å². The maximum atomic E-state index is 12.4. The Balaban J connectivity index is 2.09. The molecule has 0 bridgehead atoms. The highest BCUT2D eigenvalue weighted by molar-refractivity contribution is 5.97. The largest absolute Gasteiger partial charge is 0.311 e. The van der Waals surface area contributed by atoms with Crippen molar-refractivity contribution < 1.29 is 4.79 Å². The van der Waals surface area contributed by atoms with E-state index in [0.717, 1.165) is 44.5 Å². The number of nitrogens with one attached hydrogen (secondary N) is 1. The van der Waals surface area contributed by atoms with Crippen LogP contribution in [-0.2, 0) is 11.2 Å². The van der Waals surface area contributed by atoms with Crippen LogP contribution in [0.3, 0.4) is 0 Å². The van der Waals surface area contributed by atoms with Gasteiger partial charge in [-0.05, 0) is 43.5 Å². The Morgan fingerprint density at radius 3 is 2.63 bits per heavy atom. The number of anilines is 1. The van der Waals surface area contributed by atoms with Gasteiger partial charge >= 0.3 is 0 Å². The molecule has 104 valence electrons. The molecule has 1 heterocycles. The number of nitrogens with zero attached hydrogens (tertiary/aromatic N) is 1. The van der Waals surface area contributed by atoms with Gasteiger partial charge in [-0.2, -0.15) is 0 Å². The molecule has 1 aliphatic rings. The van der Waals surface area contributed by atoms with E-state index in [-0.39, 0.29) is 11.9 Å². The zero-order valence-electron chi connectivity index (χ0n) is 12.0. The van der Waals surface area contributed by atoms with Gasteiger partial charge < -0.3 is 10.2 Å². The van der Waals surface area contributed by atoms with Crippen LogP contribution in [0.15, 0.2) is 24.3 Å². The number of aryl methyl sites for hydroxylation is 1. The molecule has 0 aromatic heterocycles. The Morgan fingerprint density at radius 1 is 1.26 bits per heavy atom.